The van der Waals surface area contributed by atoms with Gasteiger partial charge in [0, 0.05) is 13.1 Å². The van der Waals surface area contributed by atoms with Crippen molar-refractivity contribution in [3.05, 3.63) is 0 Å². The minimum Gasteiger partial charge on any atom is -0.392 e. The summed E-state index contributed by atoms with van der Waals surface area (Å²) in [5.41, 5.74) is 5.45. The van der Waals surface area contributed by atoms with Crippen molar-refractivity contribution in [2.45, 2.75) is 19.4 Å². The van der Waals surface area contributed by atoms with Crippen LogP contribution in [0.5, 0.6) is 0 Å². The first kappa shape index (κ1) is 13.8. The second kappa shape index (κ2) is 5.87. The van der Waals surface area contributed by atoms with Gasteiger partial charge < -0.3 is 10.5 Å². The Balaban J connectivity index is 2.65. The molecule has 1 aliphatic rings. The van der Waals surface area contributed by atoms with Crippen LogP contribution >= 0.6 is 12.2 Å². The highest BCUT2D eigenvalue weighted by Gasteiger charge is 2.27. The molecule has 1 atom stereocenters. The Hall–Kier alpha value is -0.280. The molecule has 1 rings (SSSR count). The van der Waals surface area contributed by atoms with Crippen molar-refractivity contribution < 1.29 is 13.2 Å². The van der Waals surface area contributed by atoms with Crippen LogP contribution in [0.3, 0.4) is 0 Å². The molecule has 0 radical (unpaired) electrons. The molecule has 6 nitrogen and oxygen atoms in total. The first-order chi connectivity index (χ1) is 7.47. The summed E-state index contributed by atoms with van der Waals surface area (Å²) in [6, 6.07) is -0.483. The fourth-order valence-corrected chi connectivity index (χ4v) is 3.12. The van der Waals surface area contributed by atoms with E-state index in [0.29, 0.717) is 32.7 Å². The SMILES string of the molecule is CCC(NS(=O)(=O)N1CCOCC1)C(N)=S. The number of morpholine rings is 1. The van der Waals surface area contributed by atoms with Crippen LogP contribution < -0.4 is 10.5 Å². The first-order valence-corrected chi connectivity index (χ1v) is 6.96. The van der Waals surface area contributed by atoms with Crippen molar-refractivity contribution in [2.75, 3.05) is 26.3 Å². The summed E-state index contributed by atoms with van der Waals surface area (Å²) in [7, 11) is -3.50. The van der Waals surface area contributed by atoms with Gasteiger partial charge in [-0.3, -0.25) is 0 Å². The van der Waals surface area contributed by atoms with Gasteiger partial charge in [-0.05, 0) is 6.42 Å². The van der Waals surface area contributed by atoms with E-state index < -0.39 is 16.3 Å². The van der Waals surface area contributed by atoms with E-state index in [-0.39, 0.29) is 4.99 Å². The average molecular weight is 267 g/mol. The van der Waals surface area contributed by atoms with Crippen molar-refractivity contribution in [1.29, 1.82) is 0 Å². The number of ether oxygens (including phenoxy) is 1. The van der Waals surface area contributed by atoms with E-state index in [2.05, 4.69) is 4.72 Å². The highest BCUT2D eigenvalue weighted by Crippen LogP contribution is 2.05. The Morgan fingerprint density at radius 2 is 2.12 bits per heavy atom. The molecule has 16 heavy (non-hydrogen) atoms. The summed E-state index contributed by atoms with van der Waals surface area (Å²) in [5.74, 6) is 0. The van der Waals surface area contributed by atoms with Crippen LogP contribution in [0.1, 0.15) is 13.3 Å². The predicted octanol–water partition coefficient (Wildman–Crippen LogP) is -0.782. The molecule has 1 aliphatic heterocycles. The summed E-state index contributed by atoms with van der Waals surface area (Å²) in [6.07, 6.45) is 0.541. The maximum Gasteiger partial charge on any atom is 0.280 e. The van der Waals surface area contributed by atoms with E-state index in [9.17, 15) is 8.42 Å². The van der Waals surface area contributed by atoms with E-state index >= 15 is 0 Å². The summed E-state index contributed by atoms with van der Waals surface area (Å²) in [5, 5.41) is 0. The monoisotopic (exact) mass is 267 g/mol. The molecule has 0 aromatic carbocycles. The van der Waals surface area contributed by atoms with Crippen LogP contribution in [-0.4, -0.2) is 50.1 Å². The topological polar surface area (TPSA) is 84.7 Å². The number of hydrogen-bond donors (Lipinski definition) is 2. The van der Waals surface area contributed by atoms with Crippen LogP contribution in [0.4, 0.5) is 0 Å². The van der Waals surface area contributed by atoms with Crippen molar-refractivity contribution in [3.8, 4) is 0 Å². The highest BCUT2D eigenvalue weighted by molar-refractivity contribution is 7.87. The average Bonchev–Trinajstić information content (AvgIpc) is 2.27. The third kappa shape index (κ3) is 3.63. The van der Waals surface area contributed by atoms with Gasteiger partial charge in [0.05, 0.1) is 24.2 Å². The van der Waals surface area contributed by atoms with Gasteiger partial charge in [0.1, 0.15) is 0 Å². The second-order valence-corrected chi connectivity index (χ2v) is 5.67. The highest BCUT2D eigenvalue weighted by atomic mass is 32.2. The number of rotatable bonds is 5. The molecule has 0 spiro atoms. The van der Waals surface area contributed by atoms with Gasteiger partial charge in [0.15, 0.2) is 0 Å². The molecule has 8 heteroatoms. The molecule has 1 heterocycles. The largest absolute Gasteiger partial charge is 0.392 e. The molecule has 0 aromatic heterocycles. The fraction of sp³-hybridized carbons (Fsp3) is 0.875. The molecule has 94 valence electrons. The Kier molecular flexibility index (Phi) is 5.06. The van der Waals surface area contributed by atoms with Crippen LogP contribution in [0, 0.1) is 0 Å². The lowest BCUT2D eigenvalue weighted by atomic mass is 10.2. The summed E-state index contributed by atoms with van der Waals surface area (Å²) in [6.45, 7) is 3.40. The molecule has 0 aliphatic carbocycles. The lowest BCUT2D eigenvalue weighted by Crippen LogP contribution is -2.52. The van der Waals surface area contributed by atoms with Crippen LogP contribution in [0.15, 0.2) is 0 Å². The molecule has 1 unspecified atom stereocenters. The lowest BCUT2D eigenvalue weighted by molar-refractivity contribution is 0.0724. The third-order valence-electron chi connectivity index (χ3n) is 2.35. The van der Waals surface area contributed by atoms with E-state index in [1.54, 1.807) is 0 Å². The first-order valence-electron chi connectivity index (χ1n) is 5.12. The van der Waals surface area contributed by atoms with Crippen molar-refractivity contribution in [3.63, 3.8) is 0 Å². The van der Waals surface area contributed by atoms with Crippen LogP contribution in [0.25, 0.3) is 0 Å². The molecular formula is C8H17N3O3S2. The number of hydrogen-bond acceptors (Lipinski definition) is 4. The Morgan fingerprint density at radius 1 is 1.56 bits per heavy atom. The minimum absolute atomic E-state index is 0.166. The quantitative estimate of drug-likeness (QED) is 0.638. The Morgan fingerprint density at radius 3 is 2.56 bits per heavy atom. The summed E-state index contributed by atoms with van der Waals surface area (Å²) in [4.78, 5) is 0.166. The van der Waals surface area contributed by atoms with Gasteiger partial charge in [-0.25, -0.2) is 0 Å². The minimum atomic E-state index is -3.50. The number of nitrogens with two attached hydrogens (primary N) is 1. The van der Waals surface area contributed by atoms with Crippen molar-refractivity contribution in [2.24, 2.45) is 5.73 Å². The van der Waals surface area contributed by atoms with Crippen LogP contribution in [0.2, 0.25) is 0 Å². The number of nitrogens with zero attached hydrogens (tertiary/aromatic N) is 1. The molecule has 0 aromatic rings. The molecular weight excluding hydrogens is 250 g/mol. The van der Waals surface area contributed by atoms with E-state index in [4.69, 9.17) is 22.7 Å². The molecule has 1 saturated heterocycles. The van der Waals surface area contributed by atoms with Gasteiger partial charge in [0.25, 0.3) is 10.2 Å². The third-order valence-corrected chi connectivity index (χ3v) is 4.26. The van der Waals surface area contributed by atoms with Gasteiger partial charge in [-0.1, -0.05) is 19.1 Å². The maximum atomic E-state index is 11.9. The molecule has 3 N–H and O–H groups in total. The lowest BCUT2D eigenvalue weighted by Gasteiger charge is -2.28. The zero-order chi connectivity index (χ0) is 12.2. The zero-order valence-corrected chi connectivity index (χ0v) is 10.8. The Bertz CT molecular complexity index is 338. The number of nitrogens with one attached hydrogen (secondary N) is 1. The predicted molar refractivity (Wildman–Crippen MR) is 65.3 cm³/mol. The van der Waals surface area contributed by atoms with Gasteiger partial charge >= 0.3 is 0 Å². The van der Waals surface area contributed by atoms with Gasteiger partial charge in [-0.2, -0.15) is 17.4 Å². The van der Waals surface area contributed by atoms with Crippen LogP contribution in [-0.2, 0) is 14.9 Å². The summed E-state index contributed by atoms with van der Waals surface area (Å²) >= 11 is 4.79. The van der Waals surface area contributed by atoms with E-state index in [1.165, 1.54) is 4.31 Å². The molecule has 1 fully saturated rings. The van der Waals surface area contributed by atoms with Crippen molar-refractivity contribution in [1.82, 2.24) is 9.03 Å². The standard InChI is InChI=1S/C8H17N3O3S2/c1-2-7(8(9)15)10-16(12,13)11-3-5-14-6-4-11/h7,10H,2-6H2,1H3,(H2,9,15). The van der Waals surface area contributed by atoms with E-state index in [1.807, 2.05) is 6.92 Å². The van der Waals surface area contributed by atoms with E-state index in [0.717, 1.165) is 0 Å². The molecule has 0 bridgehead atoms. The Labute approximate surface area is 101 Å². The normalized spacial score (nSPS) is 20.6. The van der Waals surface area contributed by atoms with Gasteiger partial charge in [0.2, 0.25) is 0 Å². The second-order valence-electron chi connectivity index (χ2n) is 3.50. The zero-order valence-electron chi connectivity index (χ0n) is 9.18. The number of thiocarbonyl (C=S) groups is 1. The summed E-state index contributed by atoms with van der Waals surface area (Å²) < 4.78 is 32.7. The molecule has 0 saturated carbocycles. The van der Waals surface area contributed by atoms with Gasteiger partial charge in [-0.15, -0.1) is 0 Å². The fourth-order valence-electron chi connectivity index (χ4n) is 1.38. The molecule has 0 amide bonds. The maximum absolute atomic E-state index is 11.9. The van der Waals surface area contributed by atoms with Crippen molar-refractivity contribution >= 4 is 27.4 Å². The smallest absolute Gasteiger partial charge is 0.280 e.